The van der Waals surface area contributed by atoms with Crippen molar-refractivity contribution in [1.82, 2.24) is 0 Å². The summed E-state index contributed by atoms with van der Waals surface area (Å²) in [5.41, 5.74) is 24.3. The summed E-state index contributed by atoms with van der Waals surface area (Å²) in [6.07, 6.45) is 21.5. The van der Waals surface area contributed by atoms with Crippen molar-refractivity contribution >= 4 is 167 Å². The Kier molecular flexibility index (Phi) is 19.9. The minimum atomic E-state index is -0.450. The number of terminal acetylenes is 2. The van der Waals surface area contributed by atoms with Crippen LogP contribution in [0.4, 0.5) is 11.4 Å². The van der Waals surface area contributed by atoms with Crippen LogP contribution in [0.1, 0.15) is 281 Å². The lowest BCUT2D eigenvalue weighted by molar-refractivity contribution is 0.0877. The topological polar surface area (TPSA) is 112 Å². The molecule has 712 valence electrons. The van der Waals surface area contributed by atoms with Gasteiger partial charge in [0.1, 0.15) is 46.0 Å². The predicted octanol–water partition coefficient (Wildman–Crippen LogP) is 36.5. The Labute approximate surface area is 851 Å². The molecule has 10 nitrogen and oxygen atoms in total. The van der Waals surface area contributed by atoms with E-state index in [2.05, 4.69) is 320 Å². The lowest BCUT2D eigenvalue weighted by Gasteiger charge is -2.34. The molecular formula is C136H110N2O8. The number of carbonyl (C=O) groups is 4. The summed E-state index contributed by atoms with van der Waals surface area (Å²) >= 11 is 0. The zero-order valence-electron chi connectivity index (χ0n) is 86.0. The fourth-order valence-corrected chi connectivity index (χ4v) is 24.0. The minimum absolute atomic E-state index is 0.111. The van der Waals surface area contributed by atoms with Gasteiger partial charge in [0.15, 0.2) is 0 Å². The molecule has 0 bridgehead atoms. The Balaban J connectivity index is 0.629. The number of benzene rings is 20. The molecule has 146 heavy (non-hydrogen) atoms. The van der Waals surface area contributed by atoms with Gasteiger partial charge in [-0.3, -0.25) is 19.2 Å². The summed E-state index contributed by atoms with van der Waals surface area (Å²) in [7, 11) is 0. The van der Waals surface area contributed by atoms with Crippen LogP contribution in [-0.4, -0.2) is 23.6 Å². The SMILES string of the molecule is C#Cc1cc(C(C)C)c(N2C(=O)c3cc(Oc4ccc(C(C)(C)C)cc4)c4c5ccc6c7c(ccc(c8c(Oc9ccc(C(C)(C)C)cc9)cc(c3c48)C2=O)c75)-c2cc3cc4c(cc3cc2-6)C=Cc2cc3cc5c(cc3cc2C=C4)-c2ccc3c4c(Oc6ccc(C(C)(C)C)cc6)cc6c7c(cc(Oc8ccc(C(C)(C)C)cc8)c(c8ccc-5c2c83)c74)C(=O)N(c2c(C(C)C)cc(C#C)cc2C(C)C)C6=O)c(C(C)C)c1. The van der Waals surface area contributed by atoms with E-state index in [-0.39, 0.29) is 45.3 Å². The van der Waals surface area contributed by atoms with Crippen LogP contribution < -0.4 is 28.7 Å². The van der Waals surface area contributed by atoms with Crippen LogP contribution in [0.25, 0.3) is 177 Å². The van der Waals surface area contributed by atoms with Crippen LogP contribution in [0.2, 0.25) is 0 Å². The van der Waals surface area contributed by atoms with Gasteiger partial charge >= 0.3 is 0 Å². The second kappa shape index (κ2) is 32.0. The molecule has 10 heteroatoms. The predicted molar refractivity (Wildman–Crippen MR) is 605 cm³/mol. The Morgan fingerprint density at radius 2 is 0.445 bits per heavy atom. The average Bonchev–Trinajstić information content (AvgIpc) is 0.695. The largest absolute Gasteiger partial charge is 0.457 e. The first-order chi connectivity index (χ1) is 69.7. The number of rotatable bonds is 14. The molecule has 0 aromatic heterocycles. The first-order valence-corrected chi connectivity index (χ1v) is 51.1. The van der Waals surface area contributed by atoms with Crippen molar-refractivity contribution in [2.75, 3.05) is 9.80 Å². The smallest absolute Gasteiger partial charge is 0.266 e. The molecule has 0 unspecified atom stereocenters. The van der Waals surface area contributed by atoms with Crippen LogP contribution in [0, 0.1) is 24.7 Å². The van der Waals surface area contributed by atoms with E-state index in [0.29, 0.717) is 112 Å². The summed E-state index contributed by atoms with van der Waals surface area (Å²) in [6.45, 7) is 43.0. The summed E-state index contributed by atoms with van der Waals surface area (Å²) < 4.78 is 29.5. The maximum Gasteiger partial charge on any atom is 0.266 e. The number of anilines is 2. The molecule has 0 saturated carbocycles. The molecule has 5 aliphatic rings. The molecule has 0 fully saturated rings. The van der Waals surface area contributed by atoms with Gasteiger partial charge in [-0.1, -0.05) is 272 Å². The first-order valence-electron chi connectivity index (χ1n) is 51.1. The Morgan fingerprint density at radius 3 is 0.644 bits per heavy atom. The number of amides is 4. The van der Waals surface area contributed by atoms with Crippen molar-refractivity contribution in [3.05, 3.63) is 343 Å². The fraction of sp³-hybridized carbons (Fsp3) is 0.206. The van der Waals surface area contributed by atoms with Crippen LogP contribution in [0.5, 0.6) is 46.0 Å². The van der Waals surface area contributed by atoms with Crippen LogP contribution in [-0.2, 0) is 21.7 Å². The molecular weight excluding hydrogens is 1790 g/mol. The Morgan fingerprint density at radius 1 is 0.233 bits per heavy atom. The number of nitrogens with zero attached hydrogens (tertiary/aromatic N) is 2. The van der Waals surface area contributed by atoms with Gasteiger partial charge in [0.2, 0.25) is 0 Å². The molecule has 0 spiro atoms. The number of carbonyl (C=O) groups excluding carboxylic acids is 4. The van der Waals surface area contributed by atoms with Gasteiger partial charge in [-0.25, -0.2) is 9.80 Å². The molecule has 0 radical (unpaired) electrons. The van der Waals surface area contributed by atoms with Crippen molar-refractivity contribution in [3.8, 4) is 115 Å². The van der Waals surface area contributed by atoms with Gasteiger partial charge in [-0.2, -0.15) is 0 Å². The van der Waals surface area contributed by atoms with Crippen LogP contribution in [0.3, 0.4) is 0 Å². The van der Waals surface area contributed by atoms with E-state index < -0.39 is 23.6 Å². The Bertz CT molecular complexity index is 8420. The second-order valence-corrected chi connectivity index (χ2v) is 46.3. The second-order valence-electron chi connectivity index (χ2n) is 46.3. The van der Waals surface area contributed by atoms with E-state index in [9.17, 15) is 0 Å². The number of hydrogen-bond donors (Lipinski definition) is 0. The van der Waals surface area contributed by atoms with Gasteiger partial charge in [-0.05, 0) is 367 Å². The lowest BCUT2D eigenvalue weighted by atomic mass is 9.82. The van der Waals surface area contributed by atoms with E-state index in [4.69, 9.17) is 31.8 Å². The molecule has 2 aliphatic heterocycles. The maximum atomic E-state index is 16.4. The van der Waals surface area contributed by atoms with Crippen molar-refractivity contribution in [2.45, 2.75) is 184 Å². The Hall–Kier alpha value is -16.4. The number of imide groups is 2. The highest BCUT2D eigenvalue weighted by Crippen LogP contribution is 2.62. The minimum Gasteiger partial charge on any atom is -0.457 e. The van der Waals surface area contributed by atoms with E-state index in [1.54, 1.807) is 0 Å². The van der Waals surface area contributed by atoms with Crippen molar-refractivity contribution in [1.29, 1.82) is 0 Å². The highest BCUT2D eigenvalue weighted by Gasteiger charge is 2.45. The zero-order chi connectivity index (χ0) is 101. The first kappa shape index (κ1) is 90.8. The molecule has 3 aliphatic carbocycles. The quantitative estimate of drug-likeness (QED) is 0.0458. The lowest BCUT2D eigenvalue weighted by Crippen LogP contribution is -2.42. The number of fused-ring (bicyclic) bond motifs is 14. The molecule has 0 atom stereocenters. The van der Waals surface area contributed by atoms with E-state index in [0.717, 1.165) is 197 Å². The van der Waals surface area contributed by atoms with Crippen molar-refractivity contribution < 1.29 is 38.1 Å². The van der Waals surface area contributed by atoms with E-state index >= 15 is 19.2 Å². The standard InChI is InChI=1S/C136H110N2O8/c1-23-73-53-99(69(3)4)127(100(54-73)70(5)6)137-129(139)107-65-111(143-87-37-29-83(30-38-87)133(11,12)13)121-95-49-45-91-103-61-79-57-75-25-27-77-59-81-63-105-93-47-51-97-118-98(52-48-94(116(93)118)106(105)64-82(81)60-78(77)28-26-76(75)58-80(79)62-104(103)92-46-50-96(117(95)115(91)92)122-112(66-108(130(137)140)119(107)125(121)122)144-88-39-31-84(32-40-88)134(14,15)16)124-114(146-90-43-35-86(36-44-90)136(20,21)22)68-110-120-109(67-113(123(97)126(120)124)145-89-41-33-85(34-42-89)135(17,18)19)131(141)138(132(110)142)128-101(71(7)8)55-74(24-2)56-102(128)72(9)10/h1-2,25-72H,3-22H3. The monoisotopic (exact) mass is 1900 g/mol. The van der Waals surface area contributed by atoms with Crippen molar-refractivity contribution in [3.63, 3.8) is 0 Å². The fourth-order valence-electron chi connectivity index (χ4n) is 24.0. The summed E-state index contributed by atoms with van der Waals surface area (Å²) in [6, 6.07) is 85.1. The molecule has 0 N–H and O–H groups in total. The number of ether oxygens (including phenoxy) is 4. The third-order valence-electron chi connectivity index (χ3n) is 31.6. The van der Waals surface area contributed by atoms with E-state index in [1.807, 2.05) is 97.1 Å². The average molecular weight is 1900 g/mol. The maximum absolute atomic E-state index is 16.4. The molecule has 20 aromatic rings. The third kappa shape index (κ3) is 13.8. The molecule has 2 heterocycles. The summed E-state index contributed by atoms with van der Waals surface area (Å²) in [4.78, 5) is 68.3. The highest BCUT2D eigenvalue weighted by molar-refractivity contribution is 6.48. The van der Waals surface area contributed by atoms with Gasteiger partial charge in [0.05, 0.1) is 33.6 Å². The van der Waals surface area contributed by atoms with Gasteiger partial charge in [-0.15, -0.1) is 12.8 Å². The zero-order valence-corrected chi connectivity index (χ0v) is 86.0. The molecule has 25 rings (SSSR count). The van der Waals surface area contributed by atoms with E-state index in [1.165, 1.54) is 9.80 Å². The van der Waals surface area contributed by atoms with Crippen molar-refractivity contribution in [2.24, 2.45) is 0 Å². The summed E-state index contributed by atoms with van der Waals surface area (Å²) in [5.74, 6) is 7.78. The van der Waals surface area contributed by atoms with Gasteiger partial charge < -0.3 is 18.9 Å². The van der Waals surface area contributed by atoms with Gasteiger partial charge in [0, 0.05) is 54.2 Å². The third-order valence-corrected chi connectivity index (χ3v) is 31.6. The van der Waals surface area contributed by atoms with Crippen LogP contribution >= 0.6 is 0 Å². The number of hydrogen-bond acceptors (Lipinski definition) is 8. The normalized spacial score (nSPS) is 13.8. The molecule has 0 saturated heterocycles. The highest BCUT2D eigenvalue weighted by atomic mass is 16.5. The van der Waals surface area contributed by atoms with Crippen LogP contribution in [0.15, 0.2) is 243 Å². The molecule has 4 amide bonds. The summed E-state index contributed by atoms with van der Waals surface area (Å²) in [5, 5.41) is 17.9. The molecule has 20 aromatic carbocycles. The van der Waals surface area contributed by atoms with Gasteiger partial charge in [0.25, 0.3) is 23.6 Å².